The van der Waals surface area contributed by atoms with Crippen LogP contribution in [0.15, 0.2) is 30.3 Å². The molecule has 7 nitrogen and oxygen atoms in total. The van der Waals surface area contributed by atoms with Gasteiger partial charge in [0.05, 0.1) is 23.1 Å². The first-order chi connectivity index (χ1) is 18.1. The summed E-state index contributed by atoms with van der Waals surface area (Å²) >= 11 is 0. The molecule has 5 rings (SSSR count). The number of carboxylic acids is 1. The zero-order chi connectivity index (χ0) is 27.2. The van der Waals surface area contributed by atoms with Gasteiger partial charge in [-0.15, -0.1) is 5.10 Å². The van der Waals surface area contributed by atoms with Crippen LogP contribution < -0.4 is 0 Å². The number of carboxylic acid groups (broad SMARTS) is 1. The van der Waals surface area contributed by atoms with Crippen molar-refractivity contribution in [1.82, 2.24) is 19.9 Å². The molecule has 2 heterocycles. The van der Waals surface area contributed by atoms with Crippen molar-refractivity contribution < 1.29 is 14.6 Å². The van der Waals surface area contributed by atoms with Gasteiger partial charge in [-0.05, 0) is 93.2 Å². The number of ether oxygens (including phenoxy) is 1. The van der Waals surface area contributed by atoms with Crippen molar-refractivity contribution in [3.63, 3.8) is 0 Å². The minimum absolute atomic E-state index is 0.270. The van der Waals surface area contributed by atoms with E-state index in [2.05, 4.69) is 53.3 Å². The van der Waals surface area contributed by atoms with Crippen LogP contribution in [0.4, 0.5) is 0 Å². The number of fused-ring (bicyclic) bond motifs is 1. The van der Waals surface area contributed by atoms with E-state index in [1.807, 2.05) is 33.9 Å². The maximum absolute atomic E-state index is 12.6. The molecule has 0 amide bonds. The predicted molar refractivity (Wildman–Crippen MR) is 149 cm³/mol. The Balaban J connectivity index is 1.50. The van der Waals surface area contributed by atoms with Gasteiger partial charge in [0.25, 0.3) is 0 Å². The molecule has 2 aliphatic rings. The Kier molecular flexibility index (Phi) is 7.35. The highest BCUT2D eigenvalue weighted by Crippen LogP contribution is 2.44. The van der Waals surface area contributed by atoms with E-state index in [0.29, 0.717) is 6.10 Å². The van der Waals surface area contributed by atoms with Gasteiger partial charge in [0.2, 0.25) is 0 Å². The average Bonchev–Trinajstić information content (AvgIpc) is 3.68. The van der Waals surface area contributed by atoms with Crippen LogP contribution in [-0.4, -0.2) is 56.3 Å². The van der Waals surface area contributed by atoms with Crippen LogP contribution in [0.25, 0.3) is 11.0 Å². The van der Waals surface area contributed by atoms with Crippen LogP contribution in [0, 0.1) is 25.2 Å². The molecule has 7 heteroatoms. The first-order valence-electron chi connectivity index (χ1n) is 14.1. The van der Waals surface area contributed by atoms with Crippen LogP contribution in [0.1, 0.15) is 80.2 Å². The number of aliphatic carboxylic acids is 1. The largest absolute Gasteiger partial charge is 0.481 e. The van der Waals surface area contributed by atoms with Gasteiger partial charge in [0.1, 0.15) is 5.52 Å². The summed E-state index contributed by atoms with van der Waals surface area (Å²) in [6.45, 7) is 12.9. The fourth-order valence-electron chi connectivity index (χ4n) is 6.18. The molecule has 1 aliphatic carbocycles. The summed E-state index contributed by atoms with van der Waals surface area (Å²) in [5.74, 6) is -0.395. The van der Waals surface area contributed by atoms with E-state index < -0.39 is 11.4 Å². The lowest BCUT2D eigenvalue weighted by Gasteiger charge is -2.33. The van der Waals surface area contributed by atoms with Crippen LogP contribution in [0.3, 0.4) is 0 Å². The number of hydrogen-bond donors (Lipinski definition) is 1. The molecule has 38 heavy (non-hydrogen) atoms. The average molecular weight is 519 g/mol. The van der Waals surface area contributed by atoms with Gasteiger partial charge in [-0.3, -0.25) is 9.69 Å². The van der Waals surface area contributed by atoms with E-state index in [4.69, 9.17) is 4.74 Å². The van der Waals surface area contributed by atoms with Gasteiger partial charge in [0, 0.05) is 32.6 Å². The number of aromatic nitrogens is 3. The first-order valence-corrected chi connectivity index (χ1v) is 14.1. The second-order valence-corrected chi connectivity index (χ2v) is 12.1. The zero-order valence-corrected chi connectivity index (χ0v) is 23.7. The SMILES string of the molecule is CCC1CN(Cc2cc(C(c3ccc4c(nnn4C)c3C)C(C)(C)C(=O)O)ccc2C)CCC(C2CC2)O1. The summed E-state index contributed by atoms with van der Waals surface area (Å²) in [5.41, 5.74) is 6.24. The minimum Gasteiger partial charge on any atom is -0.481 e. The second-order valence-electron chi connectivity index (χ2n) is 12.1. The molecular formula is C31H42N4O3. The van der Waals surface area contributed by atoms with Gasteiger partial charge in [-0.2, -0.15) is 0 Å². The molecular weight excluding hydrogens is 476 g/mol. The third kappa shape index (κ3) is 5.10. The number of carbonyl (C=O) groups is 1. The van der Waals surface area contributed by atoms with E-state index in [0.717, 1.165) is 66.1 Å². The number of nitrogens with zero attached hydrogens (tertiary/aromatic N) is 4. The summed E-state index contributed by atoms with van der Waals surface area (Å²) in [5, 5.41) is 18.9. The Labute approximate surface area is 226 Å². The highest BCUT2D eigenvalue weighted by molar-refractivity contribution is 5.81. The summed E-state index contributed by atoms with van der Waals surface area (Å²) in [7, 11) is 1.88. The van der Waals surface area contributed by atoms with E-state index in [1.54, 1.807) is 4.68 Å². The molecule has 1 saturated heterocycles. The van der Waals surface area contributed by atoms with Crippen molar-refractivity contribution >= 4 is 17.0 Å². The topological polar surface area (TPSA) is 80.5 Å². The molecule has 2 aromatic carbocycles. The maximum Gasteiger partial charge on any atom is 0.310 e. The Bertz CT molecular complexity index is 1330. The molecule has 1 aromatic heterocycles. The fourth-order valence-corrected chi connectivity index (χ4v) is 6.18. The predicted octanol–water partition coefficient (Wildman–Crippen LogP) is 5.61. The Morgan fingerprint density at radius 2 is 1.95 bits per heavy atom. The standard InChI is InChI=1S/C31H42N4O3/c1-7-24-18-35(15-14-27(38-24)21-10-11-21)17-23-16-22(9-8-19(23)2)28(31(4,5)30(36)37)25-12-13-26-29(20(25)3)32-33-34(26)6/h8-9,12-13,16,21,24,27-28H,7,10-11,14-15,17-18H2,1-6H3,(H,36,37). The molecule has 2 fully saturated rings. The number of hydrogen-bond acceptors (Lipinski definition) is 5. The van der Waals surface area contributed by atoms with Gasteiger partial charge in [-0.1, -0.05) is 36.4 Å². The summed E-state index contributed by atoms with van der Waals surface area (Å²) in [6.07, 6.45) is 5.40. The smallest absolute Gasteiger partial charge is 0.310 e. The van der Waals surface area contributed by atoms with Gasteiger partial charge in [0.15, 0.2) is 0 Å². The van der Waals surface area contributed by atoms with Crippen LogP contribution >= 0.6 is 0 Å². The number of benzene rings is 2. The van der Waals surface area contributed by atoms with Crippen molar-refractivity contribution in [2.75, 3.05) is 13.1 Å². The van der Waals surface area contributed by atoms with Crippen molar-refractivity contribution in [3.8, 4) is 0 Å². The van der Waals surface area contributed by atoms with E-state index in [-0.39, 0.29) is 12.0 Å². The molecule has 3 atom stereocenters. The van der Waals surface area contributed by atoms with Crippen molar-refractivity contribution in [1.29, 1.82) is 0 Å². The highest BCUT2D eigenvalue weighted by Gasteiger charge is 2.40. The third-order valence-electron chi connectivity index (χ3n) is 8.93. The molecule has 0 spiro atoms. The summed E-state index contributed by atoms with van der Waals surface area (Å²) in [4.78, 5) is 15.1. The lowest BCUT2D eigenvalue weighted by Crippen LogP contribution is -2.33. The lowest BCUT2D eigenvalue weighted by molar-refractivity contribution is -0.147. The van der Waals surface area contributed by atoms with E-state index in [1.165, 1.54) is 24.0 Å². The quantitative estimate of drug-likeness (QED) is 0.418. The normalized spacial score (nSPS) is 21.9. The molecule has 0 bridgehead atoms. The van der Waals surface area contributed by atoms with Crippen LogP contribution in [-0.2, 0) is 23.1 Å². The third-order valence-corrected chi connectivity index (χ3v) is 8.93. The van der Waals surface area contributed by atoms with Gasteiger partial charge < -0.3 is 9.84 Å². The Morgan fingerprint density at radius 3 is 2.63 bits per heavy atom. The van der Waals surface area contributed by atoms with Gasteiger partial charge >= 0.3 is 5.97 Å². The number of rotatable bonds is 8. The zero-order valence-electron chi connectivity index (χ0n) is 23.7. The highest BCUT2D eigenvalue weighted by atomic mass is 16.5. The molecule has 1 aliphatic heterocycles. The van der Waals surface area contributed by atoms with Crippen molar-refractivity contribution in [2.24, 2.45) is 18.4 Å². The number of aryl methyl sites for hydroxylation is 3. The minimum atomic E-state index is -1.02. The van der Waals surface area contributed by atoms with Gasteiger partial charge in [-0.25, -0.2) is 4.68 Å². The van der Waals surface area contributed by atoms with Crippen LogP contribution in [0.5, 0.6) is 0 Å². The second kappa shape index (κ2) is 10.4. The van der Waals surface area contributed by atoms with Crippen molar-refractivity contribution in [3.05, 3.63) is 58.1 Å². The lowest BCUT2D eigenvalue weighted by atomic mass is 9.69. The molecule has 3 aromatic rings. The molecule has 204 valence electrons. The fraction of sp³-hybridized carbons (Fsp3) is 0.581. The van der Waals surface area contributed by atoms with E-state index >= 15 is 0 Å². The Hall–Kier alpha value is -2.77. The Morgan fingerprint density at radius 1 is 1.18 bits per heavy atom. The monoisotopic (exact) mass is 518 g/mol. The van der Waals surface area contributed by atoms with Crippen LogP contribution in [0.2, 0.25) is 0 Å². The molecule has 3 unspecified atom stereocenters. The maximum atomic E-state index is 12.6. The summed E-state index contributed by atoms with van der Waals surface area (Å²) < 4.78 is 8.26. The molecule has 1 N–H and O–H groups in total. The first kappa shape index (κ1) is 26.8. The van der Waals surface area contributed by atoms with E-state index in [9.17, 15) is 9.90 Å². The van der Waals surface area contributed by atoms with Crippen molar-refractivity contribution in [2.45, 2.75) is 85.0 Å². The molecule has 0 radical (unpaired) electrons. The molecule has 1 saturated carbocycles. The summed E-state index contributed by atoms with van der Waals surface area (Å²) in [6, 6.07) is 10.6.